The first kappa shape index (κ1) is 14.5. The molecule has 22 heavy (non-hydrogen) atoms. The molecule has 4 nitrogen and oxygen atoms in total. The van der Waals surface area contributed by atoms with Crippen molar-refractivity contribution in [1.29, 1.82) is 0 Å². The molecule has 2 N–H and O–H groups in total. The topological polar surface area (TPSA) is 60.9 Å². The summed E-state index contributed by atoms with van der Waals surface area (Å²) >= 11 is 6.00. The van der Waals surface area contributed by atoms with Crippen LogP contribution in [0, 0.1) is 5.82 Å². The quantitative estimate of drug-likeness (QED) is 0.737. The molecule has 1 aromatic heterocycles. The summed E-state index contributed by atoms with van der Waals surface area (Å²) in [6.45, 7) is 1.85. The van der Waals surface area contributed by atoms with Gasteiger partial charge < -0.3 is 5.73 Å². The van der Waals surface area contributed by atoms with Gasteiger partial charge in [0.25, 0.3) is 5.56 Å². The van der Waals surface area contributed by atoms with Crippen molar-refractivity contribution in [1.82, 2.24) is 9.55 Å². The molecular formula is C16H13ClFN3O. The lowest BCUT2D eigenvalue weighted by Gasteiger charge is -2.18. The van der Waals surface area contributed by atoms with Crippen molar-refractivity contribution in [3.05, 3.63) is 69.4 Å². The molecule has 0 aliphatic rings. The second-order valence-electron chi connectivity index (χ2n) is 5.06. The molecule has 0 spiro atoms. The van der Waals surface area contributed by atoms with Crippen LogP contribution in [0.3, 0.4) is 0 Å². The van der Waals surface area contributed by atoms with Gasteiger partial charge in [-0.2, -0.15) is 0 Å². The largest absolute Gasteiger partial charge is 0.396 e. The molecule has 3 rings (SSSR count). The first-order chi connectivity index (χ1) is 10.5. The lowest BCUT2D eigenvalue weighted by molar-refractivity contribution is 0.618. The van der Waals surface area contributed by atoms with E-state index < -0.39 is 5.82 Å². The Balaban J connectivity index is 2.27. The molecule has 0 fully saturated rings. The van der Waals surface area contributed by atoms with Crippen molar-refractivity contribution in [2.24, 2.45) is 0 Å². The predicted octanol–water partition coefficient (Wildman–Crippen LogP) is 3.38. The highest BCUT2D eigenvalue weighted by molar-refractivity contribution is 6.30. The summed E-state index contributed by atoms with van der Waals surface area (Å²) in [6.07, 6.45) is 1.21. The Kier molecular flexibility index (Phi) is 3.58. The molecule has 0 aliphatic heterocycles. The number of nitrogens with zero attached hydrogens (tertiary/aromatic N) is 2. The number of nitrogens with two attached hydrogens (primary N) is 1. The fourth-order valence-electron chi connectivity index (χ4n) is 2.48. The highest BCUT2D eigenvalue weighted by atomic mass is 35.5. The van der Waals surface area contributed by atoms with E-state index in [0.717, 1.165) is 5.56 Å². The smallest absolute Gasteiger partial charge is 0.270 e. The van der Waals surface area contributed by atoms with Gasteiger partial charge in [0.05, 0.1) is 29.0 Å². The maximum Gasteiger partial charge on any atom is 0.270 e. The summed E-state index contributed by atoms with van der Waals surface area (Å²) in [5.74, 6) is -0.577. The summed E-state index contributed by atoms with van der Waals surface area (Å²) in [6, 6.07) is 9.54. The fourth-order valence-corrected chi connectivity index (χ4v) is 2.68. The van der Waals surface area contributed by atoms with Crippen LogP contribution in [0.1, 0.15) is 18.5 Å². The molecule has 2 aromatic carbocycles. The highest BCUT2D eigenvalue weighted by Crippen LogP contribution is 2.25. The van der Waals surface area contributed by atoms with Gasteiger partial charge in [0, 0.05) is 11.1 Å². The summed E-state index contributed by atoms with van der Waals surface area (Å²) in [5.41, 5.74) is 6.95. The van der Waals surface area contributed by atoms with E-state index in [1.807, 2.05) is 13.0 Å². The van der Waals surface area contributed by atoms with E-state index in [0.29, 0.717) is 16.1 Å². The van der Waals surface area contributed by atoms with Gasteiger partial charge in [-0.05, 0) is 30.7 Å². The van der Waals surface area contributed by atoms with E-state index in [1.54, 1.807) is 18.2 Å². The maximum absolute atomic E-state index is 13.8. The van der Waals surface area contributed by atoms with Crippen molar-refractivity contribution in [3.8, 4) is 0 Å². The lowest BCUT2D eigenvalue weighted by Crippen LogP contribution is -2.24. The van der Waals surface area contributed by atoms with Crippen molar-refractivity contribution in [2.45, 2.75) is 13.0 Å². The second kappa shape index (κ2) is 5.42. The number of halogens is 2. The molecule has 0 saturated carbocycles. The standard InChI is InChI=1S/C16H13ClFN3O/c1-9(10-3-2-4-11(17)5-10)21-15-6-12(18)13(19)7-14(15)20-8-16(21)22/h2-9H,19H2,1H3/t9-/m0/s1. The van der Waals surface area contributed by atoms with Crippen LogP contribution in [0.4, 0.5) is 10.1 Å². The Morgan fingerprint density at radius 1 is 1.32 bits per heavy atom. The third-order valence-electron chi connectivity index (χ3n) is 3.62. The number of hydrogen-bond donors (Lipinski definition) is 1. The summed E-state index contributed by atoms with van der Waals surface area (Å²) < 4.78 is 15.3. The lowest BCUT2D eigenvalue weighted by atomic mass is 10.1. The third-order valence-corrected chi connectivity index (χ3v) is 3.86. The molecule has 112 valence electrons. The zero-order chi connectivity index (χ0) is 15.9. The third kappa shape index (κ3) is 2.44. The fraction of sp³-hybridized carbons (Fsp3) is 0.125. The first-order valence-corrected chi connectivity index (χ1v) is 7.07. The monoisotopic (exact) mass is 317 g/mol. The first-order valence-electron chi connectivity index (χ1n) is 6.69. The van der Waals surface area contributed by atoms with Gasteiger partial charge >= 0.3 is 0 Å². The molecule has 1 atom stereocenters. The number of benzene rings is 2. The number of rotatable bonds is 2. The zero-order valence-electron chi connectivity index (χ0n) is 11.8. The average Bonchev–Trinajstić information content (AvgIpc) is 2.48. The number of aromatic nitrogens is 2. The van der Waals surface area contributed by atoms with E-state index in [-0.39, 0.29) is 17.3 Å². The number of fused-ring (bicyclic) bond motifs is 1. The molecule has 0 bridgehead atoms. The second-order valence-corrected chi connectivity index (χ2v) is 5.50. The van der Waals surface area contributed by atoms with Gasteiger partial charge in [-0.3, -0.25) is 9.36 Å². The van der Waals surface area contributed by atoms with Gasteiger partial charge in [-0.15, -0.1) is 0 Å². The van der Waals surface area contributed by atoms with Gasteiger partial charge in [0.15, 0.2) is 0 Å². The van der Waals surface area contributed by atoms with Gasteiger partial charge in [0.2, 0.25) is 0 Å². The molecule has 0 radical (unpaired) electrons. The SMILES string of the molecule is C[C@@H](c1cccc(Cl)c1)n1c(=O)cnc2cc(N)c(F)cc21. The molecule has 6 heteroatoms. The molecule has 0 unspecified atom stereocenters. The van der Waals surface area contributed by atoms with Crippen molar-refractivity contribution >= 4 is 28.3 Å². The van der Waals surface area contributed by atoms with Crippen molar-refractivity contribution in [3.63, 3.8) is 0 Å². The van der Waals surface area contributed by atoms with Crippen LogP contribution >= 0.6 is 11.6 Å². The molecule has 0 amide bonds. The Morgan fingerprint density at radius 3 is 2.82 bits per heavy atom. The molecule has 1 heterocycles. The predicted molar refractivity (Wildman–Crippen MR) is 85.6 cm³/mol. The average molecular weight is 318 g/mol. The molecule has 0 saturated heterocycles. The molecular weight excluding hydrogens is 305 g/mol. The van der Waals surface area contributed by atoms with Crippen LogP contribution in [0.5, 0.6) is 0 Å². The zero-order valence-corrected chi connectivity index (χ0v) is 12.5. The van der Waals surface area contributed by atoms with Gasteiger partial charge in [0.1, 0.15) is 5.82 Å². The summed E-state index contributed by atoms with van der Waals surface area (Å²) in [7, 11) is 0. The van der Waals surface area contributed by atoms with Crippen LogP contribution in [-0.2, 0) is 0 Å². The normalized spacial score (nSPS) is 12.5. The van der Waals surface area contributed by atoms with E-state index in [4.69, 9.17) is 17.3 Å². The van der Waals surface area contributed by atoms with Gasteiger partial charge in [-0.25, -0.2) is 9.37 Å². The van der Waals surface area contributed by atoms with E-state index >= 15 is 0 Å². The van der Waals surface area contributed by atoms with Crippen molar-refractivity contribution < 1.29 is 4.39 Å². The molecule has 0 aliphatic carbocycles. The maximum atomic E-state index is 13.8. The Bertz CT molecular complexity index is 923. The van der Waals surface area contributed by atoms with E-state index in [2.05, 4.69) is 4.98 Å². The van der Waals surface area contributed by atoms with Crippen LogP contribution in [0.25, 0.3) is 11.0 Å². The van der Waals surface area contributed by atoms with Crippen LogP contribution < -0.4 is 11.3 Å². The minimum absolute atomic E-state index is 0.000563. The Morgan fingerprint density at radius 2 is 2.09 bits per heavy atom. The Hall–Kier alpha value is -2.40. The number of hydrogen-bond acceptors (Lipinski definition) is 3. The summed E-state index contributed by atoms with van der Waals surface area (Å²) in [5, 5.41) is 0.575. The van der Waals surface area contributed by atoms with Crippen molar-refractivity contribution in [2.75, 3.05) is 5.73 Å². The van der Waals surface area contributed by atoms with Crippen LogP contribution in [-0.4, -0.2) is 9.55 Å². The minimum Gasteiger partial charge on any atom is -0.396 e. The minimum atomic E-state index is -0.577. The molecule has 3 aromatic rings. The highest BCUT2D eigenvalue weighted by Gasteiger charge is 2.15. The number of nitrogen functional groups attached to an aromatic ring is 1. The summed E-state index contributed by atoms with van der Waals surface area (Å²) in [4.78, 5) is 16.3. The Labute approximate surface area is 131 Å². The number of anilines is 1. The van der Waals surface area contributed by atoms with Crippen LogP contribution in [0.2, 0.25) is 5.02 Å². The van der Waals surface area contributed by atoms with Gasteiger partial charge in [-0.1, -0.05) is 23.7 Å². The van der Waals surface area contributed by atoms with Crippen LogP contribution in [0.15, 0.2) is 47.4 Å². The van der Waals surface area contributed by atoms with E-state index in [1.165, 1.54) is 22.9 Å². The van der Waals surface area contributed by atoms with E-state index in [9.17, 15) is 9.18 Å².